The Balaban J connectivity index is 1.67. The molecule has 3 unspecified atom stereocenters. The summed E-state index contributed by atoms with van der Waals surface area (Å²) >= 11 is 0. The van der Waals surface area contributed by atoms with Crippen molar-refractivity contribution >= 4 is 12.8 Å². The van der Waals surface area contributed by atoms with Crippen LogP contribution in [0.4, 0.5) is 5.82 Å². The summed E-state index contributed by atoms with van der Waals surface area (Å²) in [5.74, 6) is 1.28. The van der Waals surface area contributed by atoms with Gasteiger partial charge in [-0.15, -0.1) is 0 Å². The number of pyridine rings is 2. The summed E-state index contributed by atoms with van der Waals surface area (Å²) in [4.78, 5) is 9.46. The molecule has 0 radical (unpaired) electrons. The molecule has 5 heteroatoms. The third-order valence-corrected chi connectivity index (χ3v) is 8.59. The molecule has 3 aromatic rings. The molecule has 3 atom stereocenters. The largest absolute Gasteiger partial charge is 0.516 e. The fourth-order valence-electron chi connectivity index (χ4n) is 6.79. The van der Waals surface area contributed by atoms with Crippen molar-refractivity contribution in [1.82, 2.24) is 9.79 Å². The first-order valence-electron chi connectivity index (χ1n) is 13.9. The van der Waals surface area contributed by atoms with Gasteiger partial charge in [0.25, 0.3) is 5.82 Å². The molecule has 0 saturated carbocycles. The first-order valence-corrected chi connectivity index (χ1v) is 13.9. The van der Waals surface area contributed by atoms with E-state index in [0.717, 1.165) is 12.8 Å². The maximum atomic E-state index is 4.23. The molecule has 2 aliphatic heterocycles. The van der Waals surface area contributed by atoms with Gasteiger partial charge in [0.15, 0.2) is 0 Å². The van der Waals surface area contributed by atoms with Crippen LogP contribution >= 0.6 is 0 Å². The minimum atomic E-state index is -0.0486. The van der Waals surface area contributed by atoms with Crippen molar-refractivity contribution in [2.75, 3.05) is 4.81 Å². The number of nitrogens with zero attached hydrogens (tertiary/aromatic N) is 4. The summed E-state index contributed by atoms with van der Waals surface area (Å²) < 4.78 is 2.57. The lowest BCUT2D eigenvalue weighted by Gasteiger charge is -2.48. The molecule has 0 saturated heterocycles. The number of hydrogen-bond acceptors (Lipinski definition) is 3. The fraction of sp³-hybridized carbons (Fsp3) is 0.419. The van der Waals surface area contributed by atoms with Gasteiger partial charge in [0.05, 0.1) is 17.7 Å². The van der Waals surface area contributed by atoms with Gasteiger partial charge in [-0.3, -0.25) is 9.79 Å². The zero-order valence-corrected chi connectivity index (χ0v) is 22.3. The van der Waals surface area contributed by atoms with Crippen LogP contribution in [0.3, 0.4) is 0 Å². The third-order valence-electron chi connectivity index (χ3n) is 8.59. The number of anilines is 1. The van der Waals surface area contributed by atoms with Crippen molar-refractivity contribution in [3.05, 3.63) is 91.2 Å². The number of rotatable bonds is 9. The van der Waals surface area contributed by atoms with Crippen LogP contribution < -0.4 is 9.38 Å². The maximum absolute atomic E-state index is 4.23. The molecule has 0 aliphatic carbocycles. The van der Waals surface area contributed by atoms with E-state index in [1.165, 1.54) is 48.2 Å². The molecule has 0 spiro atoms. The van der Waals surface area contributed by atoms with E-state index in [9.17, 15) is 0 Å². The Labute approximate surface area is 217 Å². The van der Waals surface area contributed by atoms with Gasteiger partial charge in [0, 0.05) is 36.3 Å². The molecule has 2 aliphatic rings. The highest BCUT2D eigenvalue weighted by molar-refractivity contribution is 6.65. The lowest BCUT2D eigenvalue weighted by atomic mass is 9.40. The lowest BCUT2D eigenvalue weighted by Crippen LogP contribution is -2.73. The average Bonchev–Trinajstić information content (AvgIpc) is 3.39. The SMILES string of the molecule is CCCCCC(C)N1C=CN2B1C(CC)(c1ccccc1)C(CC)[n+]1cc(-c3ccncc3)ccc12. The Kier molecular flexibility index (Phi) is 7.18. The van der Waals surface area contributed by atoms with Crippen molar-refractivity contribution in [2.45, 2.75) is 83.6 Å². The Bertz CT molecular complexity index is 1180. The Morgan fingerprint density at radius 1 is 0.944 bits per heavy atom. The average molecular weight is 480 g/mol. The number of aromatic nitrogens is 2. The third kappa shape index (κ3) is 4.03. The fourth-order valence-corrected chi connectivity index (χ4v) is 6.79. The highest BCUT2D eigenvalue weighted by Crippen LogP contribution is 2.49. The molecule has 36 heavy (non-hydrogen) atoms. The summed E-state index contributed by atoms with van der Waals surface area (Å²) in [6.45, 7) is 9.73. The zero-order chi connectivity index (χ0) is 25.1. The molecular weight excluding hydrogens is 439 g/mol. The Morgan fingerprint density at radius 2 is 1.72 bits per heavy atom. The number of benzene rings is 1. The molecule has 0 amide bonds. The van der Waals surface area contributed by atoms with Crippen LogP contribution in [-0.2, 0) is 5.31 Å². The smallest absolute Gasteiger partial charge is 0.374 e. The van der Waals surface area contributed by atoms with Crippen molar-refractivity contribution < 1.29 is 4.57 Å². The van der Waals surface area contributed by atoms with Crippen LogP contribution in [0.25, 0.3) is 11.1 Å². The summed E-state index contributed by atoms with van der Waals surface area (Å²) in [5.41, 5.74) is 3.89. The number of unbranched alkanes of at least 4 members (excludes halogenated alkanes) is 2. The molecule has 4 heterocycles. The van der Waals surface area contributed by atoms with Crippen LogP contribution in [-0.4, -0.2) is 22.8 Å². The summed E-state index contributed by atoms with van der Waals surface area (Å²) in [6, 6.07) is 21.0. The molecule has 0 N–H and O–H groups in total. The second-order valence-electron chi connectivity index (χ2n) is 10.5. The van der Waals surface area contributed by atoms with Crippen LogP contribution in [0, 0.1) is 0 Å². The number of hydrogen-bond donors (Lipinski definition) is 0. The van der Waals surface area contributed by atoms with Gasteiger partial charge in [-0.25, -0.2) is 4.57 Å². The first-order chi connectivity index (χ1) is 17.7. The van der Waals surface area contributed by atoms with Crippen molar-refractivity contribution in [3.8, 4) is 11.1 Å². The van der Waals surface area contributed by atoms with Crippen LogP contribution in [0.1, 0.15) is 77.8 Å². The van der Waals surface area contributed by atoms with Gasteiger partial charge >= 0.3 is 6.98 Å². The van der Waals surface area contributed by atoms with Gasteiger partial charge in [-0.2, -0.15) is 0 Å². The van der Waals surface area contributed by atoms with Crippen molar-refractivity contribution in [2.24, 2.45) is 0 Å². The molecule has 5 rings (SSSR count). The summed E-state index contributed by atoms with van der Waals surface area (Å²) in [7, 11) is 0. The van der Waals surface area contributed by atoms with Crippen molar-refractivity contribution in [1.29, 1.82) is 0 Å². The monoisotopic (exact) mass is 479 g/mol. The quantitative estimate of drug-likeness (QED) is 0.189. The van der Waals surface area contributed by atoms with E-state index in [1.54, 1.807) is 0 Å². The highest BCUT2D eigenvalue weighted by atomic mass is 15.3. The lowest BCUT2D eigenvalue weighted by molar-refractivity contribution is -0.719. The van der Waals surface area contributed by atoms with E-state index in [4.69, 9.17) is 0 Å². The van der Waals surface area contributed by atoms with Gasteiger partial charge in [0.1, 0.15) is 6.04 Å². The van der Waals surface area contributed by atoms with E-state index in [-0.39, 0.29) is 12.3 Å². The zero-order valence-electron chi connectivity index (χ0n) is 22.3. The van der Waals surface area contributed by atoms with Crippen LogP contribution in [0.2, 0.25) is 0 Å². The predicted molar refractivity (Wildman–Crippen MR) is 150 cm³/mol. The topological polar surface area (TPSA) is 23.2 Å². The van der Waals surface area contributed by atoms with E-state index in [0.29, 0.717) is 12.1 Å². The van der Waals surface area contributed by atoms with Crippen LogP contribution in [0.15, 0.2) is 85.6 Å². The van der Waals surface area contributed by atoms with Gasteiger partial charge in [0.2, 0.25) is 0 Å². The van der Waals surface area contributed by atoms with Gasteiger partial charge in [-0.1, -0.05) is 70.4 Å². The molecule has 2 aromatic heterocycles. The van der Waals surface area contributed by atoms with Crippen molar-refractivity contribution in [3.63, 3.8) is 0 Å². The Hall–Kier alpha value is -3.08. The molecular formula is C31H40BN4+. The predicted octanol–water partition coefficient (Wildman–Crippen LogP) is 6.94. The minimum Gasteiger partial charge on any atom is -0.374 e. The van der Waals surface area contributed by atoms with E-state index in [2.05, 4.69) is 120 Å². The minimum absolute atomic E-state index is 0.0486. The normalized spacial score (nSPS) is 21.4. The summed E-state index contributed by atoms with van der Waals surface area (Å²) in [5, 5.41) is -0.0486. The van der Waals surface area contributed by atoms with Gasteiger partial charge < -0.3 is 4.81 Å². The Morgan fingerprint density at radius 3 is 2.42 bits per heavy atom. The summed E-state index contributed by atoms with van der Waals surface area (Å²) in [6.07, 6.45) is 18.1. The van der Waals surface area contributed by atoms with E-state index in [1.807, 2.05) is 12.4 Å². The molecule has 0 fully saturated rings. The number of fused-ring (bicyclic) bond motifs is 3. The van der Waals surface area contributed by atoms with Gasteiger partial charge in [-0.05, 0) is 55.5 Å². The van der Waals surface area contributed by atoms with Crippen LogP contribution in [0.5, 0.6) is 0 Å². The maximum Gasteiger partial charge on any atom is 0.516 e. The van der Waals surface area contributed by atoms with E-state index >= 15 is 0 Å². The standard InChI is InChI=1S/C31H40BN4/c1-5-8-10-13-25(4)35-22-23-36-30-17-16-27(26-18-20-33-21-19-26)24-34(30)29(6-2)31(7-3,32(35)36)28-14-11-9-12-15-28/h9,11-12,14-25,29H,5-8,10,13H2,1-4H3/q+1. The first kappa shape index (κ1) is 24.6. The molecule has 0 bridgehead atoms. The second-order valence-corrected chi connectivity index (χ2v) is 10.5. The molecule has 186 valence electrons. The molecule has 1 aromatic carbocycles. The highest BCUT2D eigenvalue weighted by Gasteiger charge is 2.66. The second kappa shape index (κ2) is 10.5. The molecule has 4 nitrogen and oxygen atoms in total. The van der Waals surface area contributed by atoms with E-state index < -0.39 is 0 Å².